The summed E-state index contributed by atoms with van der Waals surface area (Å²) in [6, 6.07) is 6.30. The van der Waals surface area contributed by atoms with E-state index in [-0.39, 0.29) is 17.7 Å². The van der Waals surface area contributed by atoms with Crippen molar-refractivity contribution in [2.45, 2.75) is 25.5 Å². The Bertz CT molecular complexity index is 395. The molecule has 1 fully saturated rings. The van der Waals surface area contributed by atoms with Gasteiger partial charge in [-0.05, 0) is 12.5 Å². The van der Waals surface area contributed by atoms with Gasteiger partial charge in [-0.3, -0.25) is 4.79 Å². The van der Waals surface area contributed by atoms with Crippen LogP contribution < -0.4 is 10.1 Å². The molecule has 1 amide bonds. The van der Waals surface area contributed by atoms with Crippen LogP contribution >= 0.6 is 0 Å². The maximum Gasteiger partial charge on any atom is 0.387 e. The molecule has 0 bridgehead atoms. The van der Waals surface area contributed by atoms with Crippen LogP contribution in [0.4, 0.5) is 8.78 Å². The van der Waals surface area contributed by atoms with E-state index in [9.17, 15) is 13.6 Å². The van der Waals surface area contributed by atoms with Gasteiger partial charge in [0.2, 0.25) is 5.91 Å². The summed E-state index contributed by atoms with van der Waals surface area (Å²) in [6.45, 7) is -2.85. The number of carbonyl (C=O) groups is 1. The maximum absolute atomic E-state index is 12.2. The second-order valence-electron chi connectivity index (χ2n) is 3.58. The molecule has 0 radical (unpaired) electrons. The average Bonchev–Trinajstić information content (AvgIpc) is 2.65. The van der Waals surface area contributed by atoms with Crippen LogP contribution in [0.1, 0.15) is 24.4 Å². The van der Waals surface area contributed by atoms with Crippen molar-refractivity contribution in [1.82, 2.24) is 5.32 Å². The number of benzene rings is 1. The standard InChI is InChI=1S/C11H11F2NO2/c12-11(13)16-9-4-2-1-3-7(9)8-5-6-10(15)14-8/h1-4,8,11H,5-6H2,(H,14,15)/t8-/m0/s1. The SMILES string of the molecule is O=C1CC[C@@H](c2ccccc2OC(F)F)N1. The van der Waals surface area contributed by atoms with Crippen LogP contribution in [0.25, 0.3) is 0 Å². The Morgan fingerprint density at radius 2 is 2.12 bits per heavy atom. The van der Waals surface area contributed by atoms with Gasteiger partial charge in [0, 0.05) is 12.0 Å². The summed E-state index contributed by atoms with van der Waals surface area (Å²) in [4.78, 5) is 11.1. The number of rotatable bonds is 3. The van der Waals surface area contributed by atoms with Crippen molar-refractivity contribution in [3.8, 4) is 5.75 Å². The predicted octanol–water partition coefficient (Wildman–Crippen LogP) is 2.24. The number of amides is 1. The highest BCUT2D eigenvalue weighted by molar-refractivity contribution is 5.78. The number of carbonyl (C=O) groups excluding carboxylic acids is 1. The van der Waals surface area contributed by atoms with Crippen molar-refractivity contribution >= 4 is 5.91 Å². The molecule has 1 N–H and O–H groups in total. The molecule has 0 aromatic heterocycles. The van der Waals surface area contributed by atoms with Crippen molar-refractivity contribution < 1.29 is 18.3 Å². The zero-order chi connectivity index (χ0) is 11.5. The van der Waals surface area contributed by atoms with E-state index in [1.807, 2.05) is 0 Å². The summed E-state index contributed by atoms with van der Waals surface area (Å²) < 4.78 is 28.7. The summed E-state index contributed by atoms with van der Waals surface area (Å²) >= 11 is 0. The minimum absolute atomic E-state index is 0.0585. The van der Waals surface area contributed by atoms with Gasteiger partial charge >= 0.3 is 6.61 Å². The van der Waals surface area contributed by atoms with Gasteiger partial charge in [-0.1, -0.05) is 18.2 Å². The lowest BCUT2D eigenvalue weighted by molar-refractivity contribution is -0.119. The smallest absolute Gasteiger partial charge is 0.387 e. The van der Waals surface area contributed by atoms with Gasteiger partial charge in [-0.2, -0.15) is 8.78 Å². The molecule has 1 aromatic carbocycles. The van der Waals surface area contributed by atoms with Gasteiger partial charge in [0.25, 0.3) is 0 Å². The average molecular weight is 227 g/mol. The lowest BCUT2D eigenvalue weighted by atomic mass is 10.0. The van der Waals surface area contributed by atoms with Crippen LogP contribution in [0.5, 0.6) is 5.75 Å². The largest absolute Gasteiger partial charge is 0.434 e. The first-order valence-electron chi connectivity index (χ1n) is 5.00. The summed E-state index contributed by atoms with van der Waals surface area (Å²) in [5.41, 5.74) is 0.605. The number of ether oxygens (including phenoxy) is 1. The van der Waals surface area contributed by atoms with Gasteiger partial charge in [-0.15, -0.1) is 0 Å². The van der Waals surface area contributed by atoms with E-state index >= 15 is 0 Å². The molecule has 0 spiro atoms. The quantitative estimate of drug-likeness (QED) is 0.859. The first-order chi connectivity index (χ1) is 7.66. The molecule has 1 aromatic rings. The molecular weight excluding hydrogens is 216 g/mol. The molecular formula is C11H11F2NO2. The first kappa shape index (κ1) is 10.9. The topological polar surface area (TPSA) is 38.3 Å². The zero-order valence-corrected chi connectivity index (χ0v) is 8.45. The molecule has 1 aliphatic rings. The van der Waals surface area contributed by atoms with E-state index in [0.29, 0.717) is 18.4 Å². The molecule has 0 aliphatic carbocycles. The second kappa shape index (κ2) is 4.47. The van der Waals surface area contributed by atoms with E-state index < -0.39 is 6.61 Å². The fourth-order valence-electron chi connectivity index (χ4n) is 1.82. The Labute approximate surface area is 91.4 Å². The highest BCUT2D eigenvalue weighted by atomic mass is 19.3. The van der Waals surface area contributed by atoms with Crippen molar-refractivity contribution in [3.05, 3.63) is 29.8 Å². The summed E-state index contributed by atoms with van der Waals surface area (Å²) in [6.07, 6.45) is 1.04. The van der Waals surface area contributed by atoms with Gasteiger partial charge in [0.05, 0.1) is 6.04 Å². The van der Waals surface area contributed by atoms with Crippen LogP contribution in [-0.4, -0.2) is 12.5 Å². The van der Waals surface area contributed by atoms with E-state index in [2.05, 4.69) is 10.1 Å². The number of para-hydroxylation sites is 1. The minimum Gasteiger partial charge on any atom is -0.434 e. The van der Waals surface area contributed by atoms with Crippen LogP contribution in [0.3, 0.4) is 0 Å². The molecule has 0 unspecified atom stereocenters. The molecule has 1 heterocycles. The van der Waals surface area contributed by atoms with Crippen molar-refractivity contribution in [3.63, 3.8) is 0 Å². The van der Waals surface area contributed by atoms with Gasteiger partial charge in [-0.25, -0.2) is 0 Å². The Balaban J connectivity index is 2.22. The summed E-state index contributed by atoms with van der Waals surface area (Å²) in [7, 11) is 0. The molecule has 5 heteroatoms. The van der Waals surface area contributed by atoms with E-state index in [1.54, 1.807) is 18.2 Å². The van der Waals surface area contributed by atoms with Crippen molar-refractivity contribution in [2.24, 2.45) is 0 Å². The molecule has 86 valence electrons. The molecule has 2 rings (SSSR count). The predicted molar refractivity (Wildman–Crippen MR) is 53.2 cm³/mol. The van der Waals surface area contributed by atoms with E-state index in [0.717, 1.165) is 0 Å². The minimum atomic E-state index is -2.85. The van der Waals surface area contributed by atoms with Crippen molar-refractivity contribution in [2.75, 3.05) is 0 Å². The molecule has 1 aliphatic heterocycles. The van der Waals surface area contributed by atoms with Crippen molar-refractivity contribution in [1.29, 1.82) is 0 Å². The number of alkyl halides is 2. The van der Waals surface area contributed by atoms with Crippen LogP contribution in [0, 0.1) is 0 Å². The lowest BCUT2D eigenvalue weighted by Crippen LogP contribution is -2.19. The van der Waals surface area contributed by atoms with Crippen LogP contribution in [-0.2, 0) is 4.79 Å². The normalized spacial score (nSPS) is 19.9. The third kappa shape index (κ3) is 2.29. The summed E-state index contributed by atoms with van der Waals surface area (Å²) in [5.74, 6) is 0.0709. The Hall–Kier alpha value is -1.65. The highest BCUT2D eigenvalue weighted by Gasteiger charge is 2.25. The van der Waals surface area contributed by atoms with Gasteiger partial charge in [0.1, 0.15) is 5.75 Å². The number of hydrogen-bond donors (Lipinski definition) is 1. The fraction of sp³-hybridized carbons (Fsp3) is 0.364. The molecule has 1 saturated heterocycles. The van der Waals surface area contributed by atoms with Crippen LogP contribution in [0.15, 0.2) is 24.3 Å². The first-order valence-corrected chi connectivity index (χ1v) is 5.00. The summed E-state index contributed by atoms with van der Waals surface area (Å²) in [5, 5.41) is 2.72. The van der Waals surface area contributed by atoms with Gasteiger partial charge < -0.3 is 10.1 Å². The fourth-order valence-corrected chi connectivity index (χ4v) is 1.82. The number of nitrogens with one attached hydrogen (secondary N) is 1. The Morgan fingerprint density at radius 1 is 1.38 bits per heavy atom. The van der Waals surface area contributed by atoms with Gasteiger partial charge in [0.15, 0.2) is 0 Å². The monoisotopic (exact) mass is 227 g/mol. The zero-order valence-electron chi connectivity index (χ0n) is 8.45. The Morgan fingerprint density at radius 3 is 2.75 bits per heavy atom. The molecule has 0 saturated carbocycles. The maximum atomic E-state index is 12.2. The third-order valence-electron chi connectivity index (χ3n) is 2.51. The second-order valence-corrected chi connectivity index (χ2v) is 3.58. The lowest BCUT2D eigenvalue weighted by Gasteiger charge is -2.15. The molecule has 16 heavy (non-hydrogen) atoms. The Kier molecular flexibility index (Phi) is 3.03. The molecule has 1 atom stereocenters. The number of halogens is 2. The van der Waals surface area contributed by atoms with Crippen LogP contribution in [0.2, 0.25) is 0 Å². The number of hydrogen-bond acceptors (Lipinski definition) is 2. The van der Waals surface area contributed by atoms with E-state index in [4.69, 9.17) is 0 Å². The third-order valence-corrected chi connectivity index (χ3v) is 2.51. The molecule has 3 nitrogen and oxygen atoms in total. The highest BCUT2D eigenvalue weighted by Crippen LogP contribution is 2.31. The van der Waals surface area contributed by atoms with E-state index in [1.165, 1.54) is 6.07 Å².